The standard InChI is InChI=1S/C13H19N3O/c1-9-5-6-10(8-9)16-13(17)11-4-3-7-15-12(11)14-2/h3-4,7,9-10H,5-6,8H2,1-2H3,(H,14,15)(H,16,17). The molecule has 0 spiro atoms. The van der Waals surface area contributed by atoms with Crippen molar-refractivity contribution in [2.24, 2.45) is 5.92 Å². The largest absolute Gasteiger partial charge is 0.372 e. The average Bonchev–Trinajstić information content (AvgIpc) is 2.74. The third-order valence-electron chi connectivity index (χ3n) is 3.32. The molecule has 1 aromatic rings. The maximum absolute atomic E-state index is 12.1. The number of carbonyl (C=O) groups excluding carboxylic acids is 1. The monoisotopic (exact) mass is 233 g/mol. The third kappa shape index (κ3) is 2.75. The van der Waals surface area contributed by atoms with Gasteiger partial charge in [-0.3, -0.25) is 4.79 Å². The number of pyridine rings is 1. The topological polar surface area (TPSA) is 54.0 Å². The summed E-state index contributed by atoms with van der Waals surface area (Å²) >= 11 is 0. The molecule has 2 N–H and O–H groups in total. The maximum atomic E-state index is 12.1. The summed E-state index contributed by atoms with van der Waals surface area (Å²) in [6.45, 7) is 2.23. The van der Waals surface area contributed by atoms with Gasteiger partial charge in [0.1, 0.15) is 5.82 Å². The molecule has 2 atom stereocenters. The van der Waals surface area contributed by atoms with Gasteiger partial charge in [-0.15, -0.1) is 0 Å². The molecule has 2 rings (SSSR count). The Labute approximate surface area is 102 Å². The van der Waals surface area contributed by atoms with E-state index in [0.717, 1.165) is 18.8 Å². The number of anilines is 1. The number of rotatable bonds is 3. The van der Waals surface area contributed by atoms with Crippen molar-refractivity contribution < 1.29 is 4.79 Å². The van der Waals surface area contributed by atoms with E-state index in [-0.39, 0.29) is 5.91 Å². The zero-order valence-corrected chi connectivity index (χ0v) is 10.4. The van der Waals surface area contributed by atoms with Crippen LogP contribution in [-0.2, 0) is 0 Å². The van der Waals surface area contributed by atoms with E-state index in [1.165, 1.54) is 6.42 Å². The van der Waals surface area contributed by atoms with E-state index in [9.17, 15) is 4.79 Å². The van der Waals surface area contributed by atoms with Gasteiger partial charge < -0.3 is 10.6 Å². The lowest BCUT2D eigenvalue weighted by atomic mass is 10.1. The van der Waals surface area contributed by atoms with Crippen molar-refractivity contribution in [3.05, 3.63) is 23.9 Å². The highest BCUT2D eigenvalue weighted by molar-refractivity contribution is 5.98. The number of hydrogen-bond donors (Lipinski definition) is 2. The highest BCUT2D eigenvalue weighted by Gasteiger charge is 2.23. The summed E-state index contributed by atoms with van der Waals surface area (Å²) in [4.78, 5) is 16.2. The fourth-order valence-electron chi connectivity index (χ4n) is 2.39. The summed E-state index contributed by atoms with van der Waals surface area (Å²) in [6, 6.07) is 3.90. The van der Waals surface area contributed by atoms with Gasteiger partial charge in [-0.2, -0.15) is 0 Å². The highest BCUT2D eigenvalue weighted by atomic mass is 16.1. The van der Waals surface area contributed by atoms with Gasteiger partial charge in [-0.1, -0.05) is 6.92 Å². The molecular weight excluding hydrogens is 214 g/mol. The number of carbonyl (C=O) groups is 1. The number of nitrogens with zero attached hydrogens (tertiary/aromatic N) is 1. The van der Waals surface area contributed by atoms with Gasteiger partial charge in [0, 0.05) is 19.3 Å². The zero-order chi connectivity index (χ0) is 12.3. The summed E-state index contributed by atoms with van der Waals surface area (Å²) in [5.41, 5.74) is 0.620. The van der Waals surface area contributed by atoms with Gasteiger partial charge in [0.25, 0.3) is 5.91 Å². The van der Waals surface area contributed by atoms with Crippen molar-refractivity contribution >= 4 is 11.7 Å². The second-order valence-corrected chi connectivity index (χ2v) is 4.74. The molecule has 0 aromatic carbocycles. The Bertz CT molecular complexity index is 405. The van der Waals surface area contributed by atoms with Crippen LogP contribution in [0.1, 0.15) is 36.5 Å². The van der Waals surface area contributed by atoms with Crippen LogP contribution in [0, 0.1) is 5.92 Å². The van der Waals surface area contributed by atoms with Crippen LogP contribution in [0.15, 0.2) is 18.3 Å². The van der Waals surface area contributed by atoms with Crippen LogP contribution in [-0.4, -0.2) is 24.0 Å². The highest BCUT2D eigenvalue weighted by Crippen LogP contribution is 2.25. The molecule has 4 nitrogen and oxygen atoms in total. The Balaban J connectivity index is 2.04. The molecule has 1 amide bonds. The summed E-state index contributed by atoms with van der Waals surface area (Å²) in [5.74, 6) is 1.33. The molecule has 1 saturated carbocycles. The molecular formula is C13H19N3O. The van der Waals surface area contributed by atoms with E-state index >= 15 is 0 Å². The smallest absolute Gasteiger partial charge is 0.255 e. The first-order valence-corrected chi connectivity index (χ1v) is 6.14. The zero-order valence-electron chi connectivity index (χ0n) is 10.4. The number of hydrogen-bond acceptors (Lipinski definition) is 3. The van der Waals surface area contributed by atoms with E-state index < -0.39 is 0 Å². The van der Waals surface area contributed by atoms with E-state index in [1.807, 2.05) is 0 Å². The van der Waals surface area contributed by atoms with E-state index in [4.69, 9.17) is 0 Å². The molecule has 0 aliphatic heterocycles. The van der Waals surface area contributed by atoms with Gasteiger partial charge in [-0.05, 0) is 37.3 Å². The molecule has 1 aliphatic carbocycles. The van der Waals surface area contributed by atoms with Gasteiger partial charge >= 0.3 is 0 Å². The summed E-state index contributed by atoms with van der Waals surface area (Å²) in [5, 5.41) is 6.02. The molecule has 0 saturated heterocycles. The van der Waals surface area contributed by atoms with E-state index in [2.05, 4.69) is 22.5 Å². The normalized spacial score (nSPS) is 23.4. The Hall–Kier alpha value is -1.58. The molecule has 92 valence electrons. The van der Waals surface area contributed by atoms with Crippen molar-refractivity contribution in [2.45, 2.75) is 32.2 Å². The SMILES string of the molecule is CNc1ncccc1C(=O)NC1CCC(C)C1. The van der Waals surface area contributed by atoms with Crippen LogP contribution in [0.25, 0.3) is 0 Å². The van der Waals surface area contributed by atoms with Gasteiger partial charge in [0.2, 0.25) is 0 Å². The van der Waals surface area contributed by atoms with Crippen molar-refractivity contribution in [1.29, 1.82) is 0 Å². The quantitative estimate of drug-likeness (QED) is 0.840. The average molecular weight is 233 g/mol. The third-order valence-corrected chi connectivity index (χ3v) is 3.32. The van der Waals surface area contributed by atoms with E-state index in [1.54, 1.807) is 25.4 Å². The maximum Gasteiger partial charge on any atom is 0.255 e. The Kier molecular flexibility index (Phi) is 3.61. The van der Waals surface area contributed by atoms with Crippen molar-refractivity contribution in [1.82, 2.24) is 10.3 Å². The van der Waals surface area contributed by atoms with Crippen LogP contribution in [0.5, 0.6) is 0 Å². The lowest BCUT2D eigenvalue weighted by Crippen LogP contribution is -2.33. The first-order valence-electron chi connectivity index (χ1n) is 6.14. The molecule has 1 aliphatic rings. The molecule has 2 unspecified atom stereocenters. The summed E-state index contributed by atoms with van der Waals surface area (Å²) in [6.07, 6.45) is 5.06. The fourth-order valence-corrected chi connectivity index (χ4v) is 2.39. The van der Waals surface area contributed by atoms with Gasteiger partial charge in [-0.25, -0.2) is 4.98 Å². The number of aromatic nitrogens is 1. The molecule has 1 heterocycles. The van der Waals surface area contributed by atoms with Crippen LogP contribution in [0.3, 0.4) is 0 Å². The minimum Gasteiger partial charge on any atom is -0.372 e. The van der Waals surface area contributed by atoms with Crippen LogP contribution in [0.4, 0.5) is 5.82 Å². The minimum atomic E-state index is -0.0263. The Morgan fingerprint density at radius 3 is 2.94 bits per heavy atom. The van der Waals surface area contributed by atoms with Crippen molar-refractivity contribution in [3.8, 4) is 0 Å². The second kappa shape index (κ2) is 5.17. The van der Waals surface area contributed by atoms with Gasteiger partial charge in [0.15, 0.2) is 0 Å². The predicted octanol–water partition coefficient (Wildman–Crippen LogP) is 2.04. The Morgan fingerprint density at radius 2 is 2.29 bits per heavy atom. The molecule has 1 fully saturated rings. The van der Waals surface area contributed by atoms with Crippen LogP contribution in [0.2, 0.25) is 0 Å². The van der Waals surface area contributed by atoms with Crippen molar-refractivity contribution in [3.63, 3.8) is 0 Å². The molecule has 1 aromatic heterocycles. The number of nitrogens with one attached hydrogen (secondary N) is 2. The summed E-state index contributed by atoms with van der Waals surface area (Å²) < 4.78 is 0. The molecule has 0 bridgehead atoms. The minimum absolute atomic E-state index is 0.0263. The Morgan fingerprint density at radius 1 is 1.47 bits per heavy atom. The van der Waals surface area contributed by atoms with E-state index in [0.29, 0.717) is 17.4 Å². The van der Waals surface area contributed by atoms with Gasteiger partial charge in [0.05, 0.1) is 5.56 Å². The lowest BCUT2D eigenvalue weighted by Gasteiger charge is -2.13. The second-order valence-electron chi connectivity index (χ2n) is 4.74. The predicted molar refractivity (Wildman–Crippen MR) is 68.1 cm³/mol. The number of amides is 1. The molecule has 4 heteroatoms. The first kappa shape index (κ1) is 11.9. The fraction of sp³-hybridized carbons (Fsp3) is 0.538. The van der Waals surface area contributed by atoms with Crippen LogP contribution >= 0.6 is 0 Å². The van der Waals surface area contributed by atoms with Crippen molar-refractivity contribution in [2.75, 3.05) is 12.4 Å². The first-order chi connectivity index (χ1) is 8.20. The molecule has 17 heavy (non-hydrogen) atoms. The lowest BCUT2D eigenvalue weighted by molar-refractivity contribution is 0.0938. The molecule has 0 radical (unpaired) electrons. The summed E-state index contributed by atoms with van der Waals surface area (Å²) in [7, 11) is 1.77. The van der Waals surface area contributed by atoms with Crippen LogP contribution < -0.4 is 10.6 Å².